The molecule has 16 heavy (non-hydrogen) atoms. The minimum atomic E-state index is -0.264. The molecule has 1 atom stereocenters. The summed E-state index contributed by atoms with van der Waals surface area (Å²) in [6.45, 7) is 0.478. The summed E-state index contributed by atoms with van der Waals surface area (Å²) in [6, 6.07) is 11.3. The molecule has 0 fully saturated rings. The second-order valence-corrected chi connectivity index (χ2v) is 3.42. The molecule has 3 N–H and O–H groups in total. The van der Waals surface area contributed by atoms with E-state index >= 15 is 0 Å². The third-order valence-electron chi connectivity index (χ3n) is 2.32. The molecule has 1 rings (SSSR count). The molecule has 84 valence electrons. The Bertz CT molecular complexity index is 370. The van der Waals surface area contributed by atoms with E-state index in [0.29, 0.717) is 13.0 Å². The zero-order valence-corrected chi connectivity index (χ0v) is 9.02. The van der Waals surface area contributed by atoms with Gasteiger partial charge in [-0.2, -0.15) is 5.26 Å². The highest BCUT2D eigenvalue weighted by atomic mass is 16.1. The number of nitrogens with one attached hydrogen (secondary N) is 1. The lowest BCUT2D eigenvalue weighted by Crippen LogP contribution is -2.30. The minimum absolute atomic E-state index is 0.0345. The van der Waals surface area contributed by atoms with Gasteiger partial charge in [0.15, 0.2) is 0 Å². The van der Waals surface area contributed by atoms with Gasteiger partial charge in [0.1, 0.15) is 6.54 Å². The molecule has 4 heteroatoms. The summed E-state index contributed by atoms with van der Waals surface area (Å²) >= 11 is 0. The van der Waals surface area contributed by atoms with Crippen LogP contribution in [0.4, 0.5) is 0 Å². The smallest absolute Gasteiger partial charge is 0.228 e. The standard InChI is InChI=1S/C12H15N3O/c13-7-6-11(12(16)15-9-8-14)10-4-2-1-3-5-10/h1-5,11H,6-7,9,13H2,(H,15,16). The van der Waals surface area contributed by atoms with Gasteiger partial charge in [0, 0.05) is 0 Å². The predicted octanol–water partition coefficient (Wildman–Crippen LogP) is 0.759. The van der Waals surface area contributed by atoms with Gasteiger partial charge < -0.3 is 11.1 Å². The van der Waals surface area contributed by atoms with Crippen LogP contribution in [-0.2, 0) is 4.79 Å². The van der Waals surface area contributed by atoms with E-state index in [-0.39, 0.29) is 18.4 Å². The Hall–Kier alpha value is -1.86. The molecule has 0 aliphatic carbocycles. The average Bonchev–Trinajstić information content (AvgIpc) is 2.34. The first-order valence-corrected chi connectivity index (χ1v) is 5.19. The van der Waals surface area contributed by atoms with Crippen molar-refractivity contribution >= 4 is 5.91 Å². The molecule has 4 nitrogen and oxygen atoms in total. The summed E-state index contributed by atoms with van der Waals surface area (Å²) in [6.07, 6.45) is 0.585. The Morgan fingerprint density at radius 2 is 2.12 bits per heavy atom. The molecular formula is C12H15N3O. The lowest BCUT2D eigenvalue weighted by atomic mass is 9.95. The van der Waals surface area contributed by atoms with Gasteiger partial charge in [-0.3, -0.25) is 4.79 Å². The third kappa shape index (κ3) is 3.37. The highest BCUT2D eigenvalue weighted by Crippen LogP contribution is 2.18. The number of nitrogens with two attached hydrogens (primary N) is 1. The fraction of sp³-hybridized carbons (Fsp3) is 0.333. The molecular weight excluding hydrogens is 202 g/mol. The first-order valence-electron chi connectivity index (χ1n) is 5.19. The van der Waals surface area contributed by atoms with Crippen molar-refractivity contribution in [2.75, 3.05) is 13.1 Å². The van der Waals surface area contributed by atoms with E-state index in [2.05, 4.69) is 5.32 Å². The Balaban J connectivity index is 2.75. The van der Waals surface area contributed by atoms with Crippen molar-refractivity contribution in [2.24, 2.45) is 5.73 Å². The van der Waals surface area contributed by atoms with Crippen LogP contribution in [0.25, 0.3) is 0 Å². The number of carbonyl (C=O) groups is 1. The first kappa shape index (κ1) is 12.2. The fourth-order valence-electron chi connectivity index (χ4n) is 1.55. The predicted molar refractivity (Wildman–Crippen MR) is 61.5 cm³/mol. The van der Waals surface area contributed by atoms with E-state index in [9.17, 15) is 4.79 Å². The zero-order valence-electron chi connectivity index (χ0n) is 9.02. The maximum absolute atomic E-state index is 11.8. The van der Waals surface area contributed by atoms with Gasteiger partial charge in [0.25, 0.3) is 0 Å². The second-order valence-electron chi connectivity index (χ2n) is 3.42. The van der Waals surface area contributed by atoms with Crippen LogP contribution in [0.2, 0.25) is 0 Å². The van der Waals surface area contributed by atoms with Crippen LogP contribution in [0.3, 0.4) is 0 Å². The molecule has 1 unspecified atom stereocenters. The van der Waals surface area contributed by atoms with E-state index in [1.807, 2.05) is 36.4 Å². The van der Waals surface area contributed by atoms with E-state index in [1.165, 1.54) is 0 Å². The van der Waals surface area contributed by atoms with Crippen molar-refractivity contribution in [3.8, 4) is 6.07 Å². The van der Waals surface area contributed by atoms with Crippen LogP contribution in [0.1, 0.15) is 17.9 Å². The third-order valence-corrected chi connectivity index (χ3v) is 2.32. The molecule has 0 spiro atoms. The van der Waals surface area contributed by atoms with Crippen LogP contribution in [0.5, 0.6) is 0 Å². The van der Waals surface area contributed by atoms with Gasteiger partial charge in [-0.25, -0.2) is 0 Å². The number of benzene rings is 1. The van der Waals surface area contributed by atoms with Crippen molar-refractivity contribution in [3.63, 3.8) is 0 Å². The molecule has 0 aliphatic rings. The highest BCUT2D eigenvalue weighted by molar-refractivity contribution is 5.83. The number of amides is 1. The van der Waals surface area contributed by atoms with Crippen molar-refractivity contribution in [1.82, 2.24) is 5.32 Å². The molecule has 0 bridgehead atoms. The molecule has 0 heterocycles. The van der Waals surface area contributed by atoms with Crippen LogP contribution < -0.4 is 11.1 Å². The second kappa shape index (κ2) is 6.59. The highest BCUT2D eigenvalue weighted by Gasteiger charge is 2.18. The van der Waals surface area contributed by atoms with Crippen molar-refractivity contribution in [2.45, 2.75) is 12.3 Å². The van der Waals surface area contributed by atoms with Crippen LogP contribution >= 0.6 is 0 Å². The van der Waals surface area contributed by atoms with E-state index < -0.39 is 0 Å². The molecule has 0 aliphatic heterocycles. The average molecular weight is 217 g/mol. The topological polar surface area (TPSA) is 78.9 Å². The quantitative estimate of drug-likeness (QED) is 0.714. The normalized spacial score (nSPS) is 11.5. The molecule has 0 saturated carbocycles. The summed E-state index contributed by atoms with van der Waals surface area (Å²) in [7, 11) is 0. The van der Waals surface area contributed by atoms with E-state index in [0.717, 1.165) is 5.56 Å². The van der Waals surface area contributed by atoms with Gasteiger partial charge >= 0.3 is 0 Å². The summed E-state index contributed by atoms with van der Waals surface area (Å²) < 4.78 is 0. The molecule has 1 aromatic rings. The molecule has 0 aromatic heterocycles. The Morgan fingerprint density at radius 1 is 1.44 bits per heavy atom. The van der Waals surface area contributed by atoms with E-state index in [4.69, 9.17) is 11.0 Å². The lowest BCUT2D eigenvalue weighted by Gasteiger charge is -2.15. The number of carbonyl (C=O) groups excluding carboxylic acids is 1. The van der Waals surface area contributed by atoms with Gasteiger partial charge in [0.05, 0.1) is 12.0 Å². The summed E-state index contributed by atoms with van der Waals surface area (Å²) in [5.74, 6) is -0.405. The monoisotopic (exact) mass is 217 g/mol. The molecule has 0 saturated heterocycles. The first-order chi connectivity index (χ1) is 7.79. The number of hydrogen-bond acceptors (Lipinski definition) is 3. The Kier molecular flexibility index (Phi) is 5.03. The van der Waals surface area contributed by atoms with Crippen molar-refractivity contribution < 1.29 is 4.79 Å². The lowest BCUT2D eigenvalue weighted by molar-refractivity contribution is -0.122. The largest absolute Gasteiger partial charge is 0.342 e. The Morgan fingerprint density at radius 3 is 2.69 bits per heavy atom. The molecule has 0 radical (unpaired) electrons. The summed E-state index contributed by atoms with van der Waals surface area (Å²) in [5, 5.41) is 11.0. The van der Waals surface area contributed by atoms with Crippen molar-refractivity contribution in [1.29, 1.82) is 5.26 Å². The Labute approximate surface area is 95.1 Å². The fourth-order valence-corrected chi connectivity index (χ4v) is 1.55. The molecule has 1 amide bonds. The maximum Gasteiger partial charge on any atom is 0.228 e. The van der Waals surface area contributed by atoms with Gasteiger partial charge in [-0.15, -0.1) is 0 Å². The minimum Gasteiger partial charge on any atom is -0.342 e. The summed E-state index contributed by atoms with van der Waals surface area (Å²) in [5.41, 5.74) is 6.42. The SMILES string of the molecule is N#CCNC(=O)C(CCN)c1ccccc1. The van der Waals surface area contributed by atoms with Gasteiger partial charge in [-0.1, -0.05) is 30.3 Å². The van der Waals surface area contributed by atoms with Crippen LogP contribution in [0.15, 0.2) is 30.3 Å². The van der Waals surface area contributed by atoms with Crippen LogP contribution in [-0.4, -0.2) is 19.0 Å². The maximum atomic E-state index is 11.8. The van der Waals surface area contributed by atoms with E-state index in [1.54, 1.807) is 0 Å². The van der Waals surface area contributed by atoms with Crippen LogP contribution in [0, 0.1) is 11.3 Å². The van der Waals surface area contributed by atoms with Crippen molar-refractivity contribution in [3.05, 3.63) is 35.9 Å². The number of nitriles is 1. The number of rotatable bonds is 5. The number of nitrogens with zero attached hydrogens (tertiary/aromatic N) is 1. The number of hydrogen-bond donors (Lipinski definition) is 2. The van der Waals surface area contributed by atoms with Gasteiger partial charge in [0.2, 0.25) is 5.91 Å². The van der Waals surface area contributed by atoms with Gasteiger partial charge in [-0.05, 0) is 18.5 Å². The summed E-state index contributed by atoms with van der Waals surface area (Å²) in [4.78, 5) is 11.8. The molecule has 1 aromatic carbocycles. The zero-order chi connectivity index (χ0) is 11.8.